The zero-order valence-corrected chi connectivity index (χ0v) is 14.2. The van der Waals surface area contributed by atoms with Crippen LogP contribution in [0, 0.1) is 0 Å². The molecule has 0 fully saturated rings. The van der Waals surface area contributed by atoms with Crippen LogP contribution in [0.15, 0.2) is 12.4 Å². The van der Waals surface area contributed by atoms with E-state index in [-0.39, 0.29) is 0 Å². The molecule has 122 valence electrons. The van der Waals surface area contributed by atoms with Gasteiger partial charge in [-0.15, -0.1) is 0 Å². The van der Waals surface area contributed by atoms with E-state index in [2.05, 4.69) is 29.1 Å². The number of unbranched alkanes of at least 4 members (excludes halogenated alkanes) is 9. The van der Waals surface area contributed by atoms with E-state index in [1.807, 2.05) is 12.4 Å². The maximum Gasteiger partial charge on any atom is 0.123 e. The SMILES string of the molecule is CCCCCCCCCCCCC(NCC)c1ncc[nH]1. The molecule has 0 amide bonds. The molecule has 0 saturated carbocycles. The molecule has 3 nitrogen and oxygen atoms in total. The molecule has 1 rings (SSSR count). The Morgan fingerprint density at radius 2 is 1.57 bits per heavy atom. The number of aromatic nitrogens is 2. The fourth-order valence-electron chi connectivity index (χ4n) is 2.89. The van der Waals surface area contributed by atoms with Gasteiger partial charge in [-0.3, -0.25) is 0 Å². The molecular formula is C18H35N3. The third-order valence-electron chi connectivity index (χ3n) is 4.15. The molecular weight excluding hydrogens is 258 g/mol. The summed E-state index contributed by atoms with van der Waals surface area (Å²) in [5.41, 5.74) is 0. The maximum absolute atomic E-state index is 4.38. The lowest BCUT2D eigenvalue weighted by Crippen LogP contribution is -2.21. The number of nitrogens with one attached hydrogen (secondary N) is 2. The van der Waals surface area contributed by atoms with Crippen LogP contribution in [0.1, 0.15) is 96.3 Å². The van der Waals surface area contributed by atoms with Gasteiger partial charge in [0.15, 0.2) is 0 Å². The zero-order valence-electron chi connectivity index (χ0n) is 14.2. The number of rotatable bonds is 14. The van der Waals surface area contributed by atoms with Gasteiger partial charge in [-0.25, -0.2) is 4.98 Å². The van der Waals surface area contributed by atoms with E-state index in [9.17, 15) is 0 Å². The highest BCUT2D eigenvalue weighted by atomic mass is 15.0. The Bertz CT molecular complexity index is 308. The van der Waals surface area contributed by atoms with Crippen LogP contribution in [-0.2, 0) is 0 Å². The molecule has 0 spiro atoms. The molecule has 21 heavy (non-hydrogen) atoms. The van der Waals surface area contributed by atoms with Crippen molar-refractivity contribution in [2.24, 2.45) is 0 Å². The van der Waals surface area contributed by atoms with Crippen LogP contribution in [-0.4, -0.2) is 16.5 Å². The number of imidazole rings is 1. The standard InChI is InChI=1S/C18H35N3/c1-3-5-6-7-8-9-10-11-12-13-14-17(19-4-2)18-20-15-16-21-18/h15-17,19H,3-14H2,1-2H3,(H,20,21). The largest absolute Gasteiger partial charge is 0.347 e. The summed E-state index contributed by atoms with van der Waals surface area (Å²) in [7, 11) is 0. The molecule has 1 heterocycles. The first kappa shape index (κ1) is 18.2. The van der Waals surface area contributed by atoms with Gasteiger partial charge < -0.3 is 10.3 Å². The second kappa shape index (κ2) is 12.9. The van der Waals surface area contributed by atoms with Gasteiger partial charge in [0.2, 0.25) is 0 Å². The van der Waals surface area contributed by atoms with Crippen molar-refractivity contribution in [3.05, 3.63) is 18.2 Å². The normalized spacial score (nSPS) is 12.7. The first-order valence-electron chi connectivity index (χ1n) is 9.11. The molecule has 1 atom stereocenters. The van der Waals surface area contributed by atoms with Crippen LogP contribution in [0.3, 0.4) is 0 Å². The Morgan fingerprint density at radius 3 is 2.10 bits per heavy atom. The average molecular weight is 293 g/mol. The highest BCUT2D eigenvalue weighted by Gasteiger charge is 2.11. The molecule has 0 bridgehead atoms. The van der Waals surface area contributed by atoms with Gasteiger partial charge in [0.1, 0.15) is 5.82 Å². The van der Waals surface area contributed by atoms with Crippen molar-refractivity contribution in [2.45, 2.75) is 90.5 Å². The quantitative estimate of drug-likeness (QED) is 0.453. The summed E-state index contributed by atoms with van der Waals surface area (Å²) in [6.45, 7) is 5.45. The molecule has 0 aromatic carbocycles. The van der Waals surface area contributed by atoms with Gasteiger partial charge >= 0.3 is 0 Å². The monoisotopic (exact) mass is 293 g/mol. The van der Waals surface area contributed by atoms with Crippen LogP contribution >= 0.6 is 0 Å². The number of nitrogens with zero attached hydrogens (tertiary/aromatic N) is 1. The van der Waals surface area contributed by atoms with Crippen molar-refractivity contribution in [3.63, 3.8) is 0 Å². The van der Waals surface area contributed by atoms with Crippen molar-refractivity contribution < 1.29 is 0 Å². The fourth-order valence-corrected chi connectivity index (χ4v) is 2.89. The summed E-state index contributed by atoms with van der Waals surface area (Å²) in [6, 6.07) is 0.402. The van der Waals surface area contributed by atoms with E-state index in [4.69, 9.17) is 0 Å². The summed E-state index contributed by atoms with van der Waals surface area (Å²) in [5.74, 6) is 1.09. The topological polar surface area (TPSA) is 40.7 Å². The molecule has 1 aromatic rings. The maximum atomic E-state index is 4.38. The summed E-state index contributed by atoms with van der Waals surface area (Å²) >= 11 is 0. The first-order valence-corrected chi connectivity index (χ1v) is 9.11. The van der Waals surface area contributed by atoms with Crippen molar-refractivity contribution in [1.82, 2.24) is 15.3 Å². The minimum absolute atomic E-state index is 0.402. The Kier molecular flexibility index (Phi) is 11.2. The minimum Gasteiger partial charge on any atom is -0.347 e. The Morgan fingerprint density at radius 1 is 0.952 bits per heavy atom. The summed E-state index contributed by atoms with van der Waals surface area (Å²) < 4.78 is 0. The predicted molar refractivity (Wildman–Crippen MR) is 91.5 cm³/mol. The summed E-state index contributed by atoms with van der Waals surface area (Å²) in [6.07, 6.45) is 18.9. The second-order valence-corrected chi connectivity index (χ2v) is 6.06. The average Bonchev–Trinajstić information content (AvgIpc) is 3.02. The van der Waals surface area contributed by atoms with Crippen molar-refractivity contribution in [2.75, 3.05) is 6.54 Å². The second-order valence-electron chi connectivity index (χ2n) is 6.06. The predicted octanol–water partition coefficient (Wildman–Crippen LogP) is 5.37. The third kappa shape index (κ3) is 8.92. The molecule has 2 N–H and O–H groups in total. The van der Waals surface area contributed by atoms with Crippen LogP contribution in [0.4, 0.5) is 0 Å². The molecule has 1 unspecified atom stereocenters. The van der Waals surface area contributed by atoms with Crippen molar-refractivity contribution in [1.29, 1.82) is 0 Å². The van der Waals surface area contributed by atoms with Gasteiger partial charge in [0.05, 0.1) is 6.04 Å². The van der Waals surface area contributed by atoms with E-state index in [1.54, 1.807) is 0 Å². The Hall–Kier alpha value is -0.830. The number of hydrogen-bond donors (Lipinski definition) is 2. The van der Waals surface area contributed by atoms with E-state index < -0.39 is 0 Å². The van der Waals surface area contributed by atoms with E-state index in [0.717, 1.165) is 12.4 Å². The van der Waals surface area contributed by atoms with Gasteiger partial charge in [-0.1, -0.05) is 78.1 Å². The minimum atomic E-state index is 0.402. The third-order valence-corrected chi connectivity index (χ3v) is 4.15. The summed E-state index contributed by atoms with van der Waals surface area (Å²) in [4.78, 5) is 7.61. The molecule has 0 aliphatic heterocycles. The van der Waals surface area contributed by atoms with Gasteiger partial charge in [-0.2, -0.15) is 0 Å². The van der Waals surface area contributed by atoms with E-state index >= 15 is 0 Å². The highest BCUT2D eigenvalue weighted by molar-refractivity contribution is 4.95. The zero-order chi connectivity index (χ0) is 15.2. The Labute approximate surface area is 131 Å². The van der Waals surface area contributed by atoms with E-state index in [0.29, 0.717) is 6.04 Å². The highest BCUT2D eigenvalue weighted by Crippen LogP contribution is 2.17. The van der Waals surface area contributed by atoms with Gasteiger partial charge in [0.25, 0.3) is 0 Å². The van der Waals surface area contributed by atoms with Gasteiger partial charge in [-0.05, 0) is 13.0 Å². The van der Waals surface area contributed by atoms with E-state index in [1.165, 1.54) is 70.6 Å². The number of aromatic amines is 1. The molecule has 1 aromatic heterocycles. The molecule has 3 heteroatoms. The van der Waals surface area contributed by atoms with Crippen LogP contribution in [0.5, 0.6) is 0 Å². The lowest BCUT2D eigenvalue weighted by atomic mass is 10.0. The molecule has 0 aliphatic carbocycles. The molecule has 0 aliphatic rings. The smallest absolute Gasteiger partial charge is 0.123 e. The molecule has 0 saturated heterocycles. The first-order chi connectivity index (χ1) is 10.4. The fraction of sp³-hybridized carbons (Fsp3) is 0.833. The van der Waals surface area contributed by atoms with Crippen LogP contribution < -0.4 is 5.32 Å². The lowest BCUT2D eigenvalue weighted by molar-refractivity contribution is 0.459. The van der Waals surface area contributed by atoms with Crippen LogP contribution in [0.2, 0.25) is 0 Å². The van der Waals surface area contributed by atoms with Crippen LogP contribution in [0.25, 0.3) is 0 Å². The lowest BCUT2D eigenvalue weighted by Gasteiger charge is -2.15. The van der Waals surface area contributed by atoms with Crippen molar-refractivity contribution >= 4 is 0 Å². The Balaban J connectivity index is 1.97. The summed E-state index contributed by atoms with van der Waals surface area (Å²) in [5, 5.41) is 3.52. The molecule has 0 radical (unpaired) electrons. The van der Waals surface area contributed by atoms with Crippen molar-refractivity contribution in [3.8, 4) is 0 Å². The number of hydrogen-bond acceptors (Lipinski definition) is 2. The van der Waals surface area contributed by atoms with Gasteiger partial charge in [0, 0.05) is 12.4 Å². The number of H-pyrrole nitrogens is 1.